The Morgan fingerprint density at radius 1 is 1.43 bits per heavy atom. The van der Waals surface area contributed by atoms with Crippen LogP contribution in [0.3, 0.4) is 0 Å². The molecule has 0 aliphatic rings. The smallest absolute Gasteiger partial charge is 0.258 e. The number of hydrogen-bond acceptors (Lipinski definition) is 3. The quantitative estimate of drug-likeness (QED) is 0.562. The molecular formula is C8H3Cl2NO2S. The Morgan fingerprint density at radius 3 is 2.79 bits per heavy atom. The first-order valence-corrected chi connectivity index (χ1v) is 5.24. The SMILES string of the molecule is O=[N+]([O-])c1c(Cl)c(Cl)cc2ccsc12. The van der Waals surface area contributed by atoms with E-state index in [1.54, 1.807) is 17.5 Å². The first kappa shape index (κ1) is 9.71. The lowest BCUT2D eigenvalue weighted by Gasteiger charge is -1.98. The summed E-state index contributed by atoms with van der Waals surface area (Å²) in [6.45, 7) is 0. The van der Waals surface area contributed by atoms with E-state index in [0.717, 1.165) is 5.39 Å². The zero-order chi connectivity index (χ0) is 10.3. The van der Waals surface area contributed by atoms with Gasteiger partial charge in [0, 0.05) is 5.39 Å². The van der Waals surface area contributed by atoms with Crippen LogP contribution in [0.4, 0.5) is 5.69 Å². The highest BCUT2D eigenvalue weighted by atomic mass is 35.5. The molecule has 0 N–H and O–H groups in total. The second-order valence-electron chi connectivity index (χ2n) is 2.62. The van der Waals surface area contributed by atoms with E-state index in [1.165, 1.54) is 11.3 Å². The second-order valence-corrected chi connectivity index (χ2v) is 4.32. The fourth-order valence-corrected chi connectivity index (χ4v) is 2.58. The third kappa shape index (κ3) is 1.35. The van der Waals surface area contributed by atoms with Gasteiger partial charge in [0.05, 0.1) is 9.95 Å². The topological polar surface area (TPSA) is 43.1 Å². The number of nitro benzene ring substituents is 1. The van der Waals surface area contributed by atoms with E-state index in [1.807, 2.05) is 0 Å². The zero-order valence-electron chi connectivity index (χ0n) is 6.66. The molecule has 1 aromatic heterocycles. The molecule has 14 heavy (non-hydrogen) atoms. The number of halogens is 2. The minimum absolute atomic E-state index is 0.00613. The molecular weight excluding hydrogens is 245 g/mol. The summed E-state index contributed by atoms with van der Waals surface area (Å²) in [4.78, 5) is 10.2. The van der Waals surface area contributed by atoms with Crippen molar-refractivity contribution in [2.75, 3.05) is 0 Å². The summed E-state index contributed by atoms with van der Waals surface area (Å²) < 4.78 is 0.560. The summed E-state index contributed by atoms with van der Waals surface area (Å²) in [5.74, 6) is 0. The zero-order valence-corrected chi connectivity index (χ0v) is 8.99. The fraction of sp³-hybridized carbons (Fsp3) is 0. The molecule has 1 aromatic carbocycles. The molecule has 0 saturated heterocycles. The van der Waals surface area contributed by atoms with E-state index in [9.17, 15) is 10.1 Å². The average Bonchev–Trinajstić information content (AvgIpc) is 2.52. The van der Waals surface area contributed by atoms with Gasteiger partial charge in [0.1, 0.15) is 9.72 Å². The number of hydrogen-bond donors (Lipinski definition) is 0. The van der Waals surface area contributed by atoms with Crippen LogP contribution in [-0.2, 0) is 0 Å². The Bertz CT molecular complexity index is 523. The van der Waals surface area contributed by atoms with Crippen LogP contribution in [0.5, 0.6) is 0 Å². The lowest BCUT2D eigenvalue weighted by Crippen LogP contribution is -1.89. The number of benzene rings is 1. The Kier molecular flexibility index (Phi) is 2.34. The van der Waals surface area contributed by atoms with Crippen LogP contribution >= 0.6 is 34.5 Å². The van der Waals surface area contributed by atoms with Crippen LogP contribution in [0.25, 0.3) is 10.1 Å². The molecule has 72 valence electrons. The maximum Gasteiger partial charge on any atom is 0.307 e. The molecule has 2 rings (SSSR count). The summed E-state index contributed by atoms with van der Waals surface area (Å²) in [6, 6.07) is 3.40. The predicted octanol–water partition coefficient (Wildman–Crippen LogP) is 4.12. The molecule has 0 atom stereocenters. The van der Waals surface area contributed by atoms with Crippen molar-refractivity contribution in [2.24, 2.45) is 0 Å². The monoisotopic (exact) mass is 247 g/mol. The van der Waals surface area contributed by atoms with Crippen LogP contribution < -0.4 is 0 Å². The van der Waals surface area contributed by atoms with Crippen LogP contribution in [0.15, 0.2) is 17.5 Å². The summed E-state index contributed by atoms with van der Waals surface area (Å²) in [7, 11) is 0. The molecule has 0 radical (unpaired) electrons. The van der Waals surface area contributed by atoms with Crippen molar-refractivity contribution in [3.63, 3.8) is 0 Å². The summed E-state index contributed by atoms with van der Waals surface area (Å²) in [5.41, 5.74) is -0.107. The lowest BCUT2D eigenvalue weighted by molar-refractivity contribution is -0.382. The number of nitro groups is 1. The van der Waals surface area contributed by atoms with Crippen molar-refractivity contribution < 1.29 is 4.92 Å². The number of nitrogens with zero attached hydrogens (tertiary/aromatic N) is 1. The Hall–Kier alpha value is -0.840. The van der Waals surface area contributed by atoms with Crippen molar-refractivity contribution >= 4 is 50.3 Å². The van der Waals surface area contributed by atoms with Gasteiger partial charge >= 0.3 is 5.69 Å². The summed E-state index contributed by atoms with van der Waals surface area (Å²) in [6.07, 6.45) is 0. The maximum absolute atomic E-state index is 10.8. The van der Waals surface area contributed by atoms with Gasteiger partial charge in [-0.1, -0.05) is 23.2 Å². The number of thiophene rings is 1. The molecule has 2 aromatic rings. The predicted molar refractivity (Wildman–Crippen MR) is 58.5 cm³/mol. The van der Waals surface area contributed by atoms with Crippen LogP contribution in [-0.4, -0.2) is 4.92 Å². The van der Waals surface area contributed by atoms with E-state index < -0.39 is 4.92 Å². The molecule has 0 spiro atoms. The molecule has 0 bridgehead atoms. The van der Waals surface area contributed by atoms with E-state index in [2.05, 4.69) is 0 Å². The standard InChI is InChI=1S/C8H3Cl2NO2S/c9-5-3-4-1-2-14-8(4)7(6(5)10)11(12)13/h1-3H. The molecule has 0 amide bonds. The minimum Gasteiger partial charge on any atom is -0.258 e. The van der Waals surface area contributed by atoms with Gasteiger partial charge < -0.3 is 0 Å². The largest absolute Gasteiger partial charge is 0.307 e. The molecule has 6 heteroatoms. The molecule has 0 unspecified atom stereocenters. The van der Waals surface area contributed by atoms with Crippen molar-refractivity contribution in [1.82, 2.24) is 0 Å². The normalized spacial score (nSPS) is 10.7. The molecule has 3 nitrogen and oxygen atoms in total. The summed E-state index contributed by atoms with van der Waals surface area (Å²) in [5, 5.41) is 13.5. The van der Waals surface area contributed by atoms with Gasteiger partial charge in [-0.2, -0.15) is 0 Å². The van der Waals surface area contributed by atoms with Gasteiger partial charge in [0.15, 0.2) is 0 Å². The molecule has 1 heterocycles. The first-order chi connectivity index (χ1) is 6.61. The Morgan fingerprint density at radius 2 is 2.14 bits per heavy atom. The molecule has 0 fully saturated rings. The van der Waals surface area contributed by atoms with Gasteiger partial charge in [0.25, 0.3) is 0 Å². The van der Waals surface area contributed by atoms with Gasteiger partial charge in [-0.15, -0.1) is 11.3 Å². The number of fused-ring (bicyclic) bond motifs is 1. The van der Waals surface area contributed by atoms with Crippen molar-refractivity contribution in [2.45, 2.75) is 0 Å². The average molecular weight is 248 g/mol. The lowest BCUT2D eigenvalue weighted by atomic mass is 10.2. The molecule has 0 aliphatic carbocycles. The maximum atomic E-state index is 10.8. The third-order valence-corrected chi connectivity index (χ3v) is 3.51. The Labute approximate surface area is 93.0 Å². The number of rotatable bonds is 1. The van der Waals surface area contributed by atoms with Crippen LogP contribution in [0, 0.1) is 10.1 Å². The van der Waals surface area contributed by atoms with Gasteiger partial charge in [-0.05, 0) is 17.5 Å². The highest BCUT2D eigenvalue weighted by Gasteiger charge is 2.21. The summed E-state index contributed by atoms with van der Waals surface area (Å²) >= 11 is 12.8. The first-order valence-electron chi connectivity index (χ1n) is 3.61. The van der Waals surface area contributed by atoms with Crippen molar-refractivity contribution in [1.29, 1.82) is 0 Å². The van der Waals surface area contributed by atoms with Crippen LogP contribution in [0.1, 0.15) is 0 Å². The highest BCUT2D eigenvalue weighted by molar-refractivity contribution is 7.17. The minimum atomic E-state index is -0.507. The third-order valence-electron chi connectivity index (χ3n) is 1.79. The van der Waals surface area contributed by atoms with E-state index in [0.29, 0.717) is 4.70 Å². The van der Waals surface area contributed by atoms with Gasteiger partial charge in [-0.3, -0.25) is 10.1 Å². The Balaban J connectivity index is 2.93. The van der Waals surface area contributed by atoms with Crippen molar-refractivity contribution in [3.8, 4) is 0 Å². The molecule has 0 saturated carbocycles. The fourth-order valence-electron chi connectivity index (χ4n) is 1.20. The van der Waals surface area contributed by atoms with Gasteiger partial charge in [0.2, 0.25) is 0 Å². The van der Waals surface area contributed by atoms with Gasteiger partial charge in [-0.25, -0.2) is 0 Å². The van der Waals surface area contributed by atoms with E-state index in [-0.39, 0.29) is 15.7 Å². The highest BCUT2D eigenvalue weighted by Crippen LogP contribution is 2.40. The second kappa shape index (κ2) is 3.38. The van der Waals surface area contributed by atoms with E-state index >= 15 is 0 Å². The van der Waals surface area contributed by atoms with Crippen LogP contribution in [0.2, 0.25) is 10.0 Å². The molecule has 0 aliphatic heterocycles. The van der Waals surface area contributed by atoms with E-state index in [4.69, 9.17) is 23.2 Å². The van der Waals surface area contributed by atoms with Crippen molar-refractivity contribution in [3.05, 3.63) is 37.7 Å².